The molecule has 0 unspecified atom stereocenters. The Kier molecular flexibility index (Phi) is 6.98. The van der Waals surface area contributed by atoms with Crippen LogP contribution in [-0.2, 0) is 4.79 Å². The fraction of sp³-hybridized carbons (Fsp3) is 0.524. The summed E-state index contributed by atoms with van der Waals surface area (Å²) < 4.78 is 1.63. The van der Waals surface area contributed by atoms with Crippen molar-refractivity contribution in [3.05, 3.63) is 42.5 Å². The maximum atomic E-state index is 12.7. The Morgan fingerprint density at radius 1 is 1.21 bits per heavy atom. The standard InChI is InChI=1S/C21H30N6O2/c1-14(2)11-19(22)26-21(29)17-5-3-4-6-18(17)25-20(28)15-7-9-16(10-8-15)27-13-23-12-24-27/h7-10,12-14,17-19H,3-6,11,22H2,1-2H3,(H,25,28)(H,26,29)/t17-,18+,19+/m1/s1. The first kappa shape index (κ1) is 21.0. The minimum absolute atomic E-state index is 0.0651. The van der Waals surface area contributed by atoms with Gasteiger partial charge in [-0.15, -0.1) is 0 Å². The van der Waals surface area contributed by atoms with E-state index >= 15 is 0 Å². The molecule has 1 fully saturated rings. The third-order valence-electron chi connectivity index (χ3n) is 5.28. The maximum Gasteiger partial charge on any atom is 0.251 e. The van der Waals surface area contributed by atoms with Gasteiger partial charge in [0.2, 0.25) is 5.91 Å². The van der Waals surface area contributed by atoms with E-state index in [-0.39, 0.29) is 29.9 Å². The van der Waals surface area contributed by atoms with Gasteiger partial charge >= 0.3 is 0 Å². The number of rotatable bonds is 7. The minimum Gasteiger partial charge on any atom is -0.349 e. The topological polar surface area (TPSA) is 115 Å². The molecule has 8 nitrogen and oxygen atoms in total. The van der Waals surface area contributed by atoms with Gasteiger partial charge in [-0.3, -0.25) is 9.59 Å². The zero-order chi connectivity index (χ0) is 20.8. The predicted octanol–water partition coefficient (Wildman–Crippen LogP) is 2.00. The average Bonchev–Trinajstić information content (AvgIpc) is 3.22. The SMILES string of the molecule is CC(C)C[C@@H](N)NC(=O)[C@@H]1CCCC[C@@H]1NC(=O)c1ccc(-n2cncn2)cc1. The van der Waals surface area contributed by atoms with E-state index in [9.17, 15) is 9.59 Å². The van der Waals surface area contributed by atoms with Crippen molar-refractivity contribution in [2.24, 2.45) is 17.6 Å². The summed E-state index contributed by atoms with van der Waals surface area (Å²) in [4.78, 5) is 29.4. The largest absolute Gasteiger partial charge is 0.349 e. The van der Waals surface area contributed by atoms with Gasteiger partial charge in [-0.25, -0.2) is 9.67 Å². The van der Waals surface area contributed by atoms with Crippen LogP contribution in [0.5, 0.6) is 0 Å². The van der Waals surface area contributed by atoms with E-state index in [2.05, 4.69) is 34.6 Å². The molecule has 2 amide bonds. The fourth-order valence-electron chi connectivity index (χ4n) is 3.83. The highest BCUT2D eigenvalue weighted by Gasteiger charge is 2.32. The summed E-state index contributed by atoms with van der Waals surface area (Å²) in [7, 11) is 0. The molecule has 1 heterocycles. The molecular weight excluding hydrogens is 368 g/mol. The van der Waals surface area contributed by atoms with Crippen LogP contribution in [-0.4, -0.2) is 38.8 Å². The molecule has 0 bridgehead atoms. The lowest BCUT2D eigenvalue weighted by atomic mass is 9.83. The Bertz CT molecular complexity index is 803. The van der Waals surface area contributed by atoms with Crippen LogP contribution < -0.4 is 16.4 Å². The zero-order valence-electron chi connectivity index (χ0n) is 17.0. The lowest BCUT2D eigenvalue weighted by molar-refractivity contribution is -0.127. The molecule has 8 heteroatoms. The van der Waals surface area contributed by atoms with Gasteiger partial charge in [-0.05, 0) is 49.4 Å². The van der Waals surface area contributed by atoms with Crippen LogP contribution in [0.4, 0.5) is 0 Å². The van der Waals surface area contributed by atoms with E-state index in [0.717, 1.165) is 37.8 Å². The van der Waals surface area contributed by atoms with E-state index in [1.807, 2.05) is 12.1 Å². The number of carbonyl (C=O) groups excluding carboxylic acids is 2. The van der Waals surface area contributed by atoms with Crippen molar-refractivity contribution in [2.75, 3.05) is 0 Å². The molecule has 1 aliphatic carbocycles. The molecule has 1 aromatic heterocycles. The highest BCUT2D eigenvalue weighted by atomic mass is 16.2. The van der Waals surface area contributed by atoms with Gasteiger partial charge in [0.15, 0.2) is 0 Å². The second-order valence-electron chi connectivity index (χ2n) is 8.10. The van der Waals surface area contributed by atoms with E-state index in [1.54, 1.807) is 23.1 Å². The third kappa shape index (κ3) is 5.63. The van der Waals surface area contributed by atoms with Gasteiger partial charge in [0.05, 0.1) is 17.8 Å². The van der Waals surface area contributed by atoms with E-state index in [0.29, 0.717) is 11.5 Å². The van der Waals surface area contributed by atoms with Gasteiger partial charge in [0.25, 0.3) is 5.91 Å². The van der Waals surface area contributed by atoms with Crippen molar-refractivity contribution < 1.29 is 9.59 Å². The van der Waals surface area contributed by atoms with Gasteiger partial charge in [-0.1, -0.05) is 26.7 Å². The van der Waals surface area contributed by atoms with Crippen LogP contribution in [0.15, 0.2) is 36.9 Å². The minimum atomic E-state index is -0.356. The van der Waals surface area contributed by atoms with Gasteiger partial charge in [0.1, 0.15) is 12.7 Å². The first-order chi connectivity index (χ1) is 13.9. The molecule has 0 aliphatic heterocycles. The number of aromatic nitrogens is 3. The maximum absolute atomic E-state index is 12.7. The number of hydrogen-bond donors (Lipinski definition) is 3. The Hall–Kier alpha value is -2.74. The molecule has 2 aromatic rings. The number of benzene rings is 1. The lowest BCUT2D eigenvalue weighted by Crippen LogP contribution is -2.52. The number of carbonyl (C=O) groups is 2. The summed E-state index contributed by atoms with van der Waals surface area (Å²) >= 11 is 0. The molecule has 4 N–H and O–H groups in total. The van der Waals surface area contributed by atoms with Crippen LogP contribution in [0.1, 0.15) is 56.3 Å². The predicted molar refractivity (Wildman–Crippen MR) is 110 cm³/mol. The Balaban J connectivity index is 1.62. The fourth-order valence-corrected chi connectivity index (χ4v) is 3.83. The molecule has 1 aliphatic rings. The summed E-state index contributed by atoms with van der Waals surface area (Å²) in [5, 5.41) is 10.1. The molecule has 156 valence electrons. The van der Waals surface area contributed by atoms with Gasteiger partial charge in [0, 0.05) is 11.6 Å². The normalized spacial score (nSPS) is 20.3. The van der Waals surface area contributed by atoms with Crippen molar-refractivity contribution >= 4 is 11.8 Å². The van der Waals surface area contributed by atoms with E-state index in [1.165, 1.54) is 6.33 Å². The second kappa shape index (κ2) is 9.65. The van der Waals surface area contributed by atoms with Crippen LogP contribution in [0.2, 0.25) is 0 Å². The number of nitrogens with zero attached hydrogens (tertiary/aromatic N) is 3. The average molecular weight is 399 g/mol. The molecule has 3 atom stereocenters. The summed E-state index contributed by atoms with van der Waals surface area (Å²) in [6.45, 7) is 4.15. The molecule has 1 aromatic carbocycles. The van der Waals surface area contributed by atoms with Gasteiger partial charge in [-0.2, -0.15) is 5.10 Å². The molecule has 1 saturated carbocycles. The molecule has 29 heavy (non-hydrogen) atoms. The summed E-state index contributed by atoms with van der Waals surface area (Å²) in [6.07, 6.45) is 6.97. The second-order valence-corrected chi connectivity index (χ2v) is 8.10. The summed E-state index contributed by atoms with van der Waals surface area (Å²) in [5.41, 5.74) is 7.42. The monoisotopic (exact) mass is 398 g/mol. The Morgan fingerprint density at radius 2 is 1.93 bits per heavy atom. The van der Waals surface area contributed by atoms with Crippen LogP contribution in [0, 0.1) is 11.8 Å². The lowest BCUT2D eigenvalue weighted by Gasteiger charge is -2.32. The van der Waals surface area contributed by atoms with Crippen LogP contribution >= 0.6 is 0 Å². The number of amides is 2. The quantitative estimate of drug-likeness (QED) is 0.617. The Labute approximate surface area is 171 Å². The summed E-state index contributed by atoms with van der Waals surface area (Å²) in [5.74, 6) is -0.0796. The zero-order valence-corrected chi connectivity index (χ0v) is 17.0. The van der Waals surface area contributed by atoms with Crippen molar-refractivity contribution in [1.29, 1.82) is 0 Å². The smallest absolute Gasteiger partial charge is 0.251 e. The number of nitrogens with two attached hydrogens (primary N) is 1. The van der Waals surface area contributed by atoms with Crippen molar-refractivity contribution in [1.82, 2.24) is 25.4 Å². The third-order valence-corrected chi connectivity index (χ3v) is 5.28. The van der Waals surface area contributed by atoms with Crippen molar-refractivity contribution in [3.8, 4) is 5.69 Å². The molecule has 3 rings (SSSR count). The first-order valence-corrected chi connectivity index (χ1v) is 10.3. The highest BCUT2D eigenvalue weighted by molar-refractivity contribution is 5.95. The molecule has 0 radical (unpaired) electrons. The van der Waals surface area contributed by atoms with E-state index < -0.39 is 0 Å². The van der Waals surface area contributed by atoms with Crippen molar-refractivity contribution in [3.63, 3.8) is 0 Å². The summed E-state index contributed by atoms with van der Waals surface area (Å²) in [6, 6.07) is 6.96. The Morgan fingerprint density at radius 3 is 2.59 bits per heavy atom. The number of nitrogens with one attached hydrogen (secondary N) is 2. The van der Waals surface area contributed by atoms with Crippen LogP contribution in [0.3, 0.4) is 0 Å². The molecular formula is C21H30N6O2. The molecule has 0 spiro atoms. The van der Waals surface area contributed by atoms with Gasteiger partial charge < -0.3 is 16.4 Å². The number of hydrogen-bond acceptors (Lipinski definition) is 5. The highest BCUT2D eigenvalue weighted by Crippen LogP contribution is 2.25. The first-order valence-electron chi connectivity index (χ1n) is 10.3. The van der Waals surface area contributed by atoms with E-state index in [4.69, 9.17) is 5.73 Å². The van der Waals surface area contributed by atoms with Crippen LogP contribution in [0.25, 0.3) is 5.69 Å². The van der Waals surface area contributed by atoms with Crippen molar-refractivity contribution in [2.45, 2.75) is 58.2 Å². The molecule has 0 saturated heterocycles.